The fourth-order valence-electron chi connectivity index (χ4n) is 8.65. The van der Waals surface area contributed by atoms with Crippen molar-refractivity contribution in [3.63, 3.8) is 0 Å². The van der Waals surface area contributed by atoms with Gasteiger partial charge in [-0.05, 0) is 48.5 Å². The van der Waals surface area contributed by atoms with Gasteiger partial charge in [-0.3, -0.25) is 0 Å². The molecule has 0 atom stereocenters. The Hall–Kier alpha value is -7.19. The van der Waals surface area contributed by atoms with Crippen molar-refractivity contribution in [3.8, 4) is 45.3 Å². The van der Waals surface area contributed by atoms with E-state index in [1.54, 1.807) is 11.3 Å². The molecule has 7 heteroatoms. The van der Waals surface area contributed by atoms with E-state index in [4.69, 9.17) is 23.8 Å². The van der Waals surface area contributed by atoms with E-state index >= 15 is 0 Å². The molecule has 0 saturated heterocycles. The van der Waals surface area contributed by atoms with E-state index in [1.807, 2.05) is 59.9 Å². The van der Waals surface area contributed by atoms with Crippen molar-refractivity contribution < 1.29 is 8.83 Å². The summed E-state index contributed by atoms with van der Waals surface area (Å²) in [5.74, 6) is 1.75. The smallest absolute Gasteiger partial charge is 0.165 e. The lowest BCUT2D eigenvalue weighted by molar-refractivity contribution is 0.668. The van der Waals surface area contributed by atoms with Gasteiger partial charge in [0.1, 0.15) is 22.3 Å². The van der Waals surface area contributed by atoms with Gasteiger partial charge in [0.05, 0.1) is 0 Å². The minimum Gasteiger partial charge on any atom is -0.456 e. The summed E-state index contributed by atoms with van der Waals surface area (Å²) in [6.07, 6.45) is 0. The van der Waals surface area contributed by atoms with E-state index in [2.05, 4.69) is 115 Å². The fourth-order valence-corrected chi connectivity index (χ4v) is 11.2. The first-order chi connectivity index (χ1) is 28.7. The molecule has 5 nitrogen and oxygen atoms in total. The summed E-state index contributed by atoms with van der Waals surface area (Å²) in [5.41, 5.74) is 8.44. The maximum atomic E-state index is 6.32. The number of rotatable bonds is 4. The van der Waals surface area contributed by atoms with Crippen LogP contribution < -0.4 is 0 Å². The minimum absolute atomic E-state index is 0.572. The third-order valence-electron chi connectivity index (χ3n) is 11.4. The number of nitrogens with zero attached hydrogens (tertiary/aromatic N) is 3. The second-order valence-corrected chi connectivity index (χ2v) is 16.7. The Morgan fingerprint density at radius 3 is 1.34 bits per heavy atom. The van der Waals surface area contributed by atoms with Crippen LogP contribution in [0.25, 0.3) is 130 Å². The third-order valence-corrected chi connectivity index (χ3v) is 13.9. The van der Waals surface area contributed by atoms with Gasteiger partial charge in [-0.1, -0.05) is 115 Å². The zero-order valence-corrected chi connectivity index (χ0v) is 32.2. The number of para-hydroxylation sites is 2. The predicted octanol–water partition coefficient (Wildman–Crippen LogP) is 15.1. The van der Waals surface area contributed by atoms with E-state index in [0.29, 0.717) is 17.5 Å². The van der Waals surface area contributed by atoms with Gasteiger partial charge in [0.15, 0.2) is 17.5 Å². The Labute approximate surface area is 338 Å². The average Bonchev–Trinajstić information content (AvgIpc) is 4.05. The molecule has 0 saturated carbocycles. The first kappa shape index (κ1) is 32.0. The van der Waals surface area contributed by atoms with E-state index in [-0.39, 0.29) is 0 Å². The van der Waals surface area contributed by atoms with E-state index < -0.39 is 0 Å². The Balaban J connectivity index is 1.03. The van der Waals surface area contributed by atoms with E-state index in [9.17, 15) is 0 Å². The first-order valence-corrected chi connectivity index (χ1v) is 20.8. The summed E-state index contributed by atoms with van der Waals surface area (Å²) >= 11 is 3.67. The lowest BCUT2D eigenvalue weighted by Crippen LogP contribution is -2.00. The SMILES string of the molecule is c1ccc2c(c1)oc1cc(-c3nc(-c4ccc5c(c4)oc4ccccc45)nc(-c4cccc5c4sc4c(-c6cccc7c6sc6ccccc67)cccc45)n3)ccc12. The molecule has 270 valence electrons. The lowest BCUT2D eigenvalue weighted by atomic mass is 10.00. The molecule has 0 fully saturated rings. The van der Waals surface area contributed by atoms with Crippen molar-refractivity contribution in [2.75, 3.05) is 0 Å². The summed E-state index contributed by atoms with van der Waals surface area (Å²) < 4.78 is 17.6. The Morgan fingerprint density at radius 1 is 0.310 bits per heavy atom. The highest BCUT2D eigenvalue weighted by Crippen LogP contribution is 2.47. The number of furan rings is 2. The normalized spacial score (nSPS) is 12.1. The number of aromatic nitrogens is 3. The number of thiophene rings is 2. The largest absolute Gasteiger partial charge is 0.456 e. The van der Waals surface area contributed by atoms with Gasteiger partial charge in [0.2, 0.25) is 0 Å². The van der Waals surface area contributed by atoms with Crippen LogP contribution in [0.4, 0.5) is 0 Å². The topological polar surface area (TPSA) is 65.0 Å². The Kier molecular flexibility index (Phi) is 6.70. The van der Waals surface area contributed by atoms with Crippen LogP contribution in [0.3, 0.4) is 0 Å². The van der Waals surface area contributed by atoms with E-state index in [0.717, 1.165) is 65.3 Å². The van der Waals surface area contributed by atoms with Crippen molar-refractivity contribution in [3.05, 3.63) is 164 Å². The zero-order valence-electron chi connectivity index (χ0n) is 30.6. The molecule has 5 heterocycles. The van der Waals surface area contributed by atoms with Crippen LogP contribution >= 0.6 is 22.7 Å². The Bertz CT molecular complexity index is 3700. The lowest BCUT2D eigenvalue weighted by Gasteiger charge is -2.09. The third kappa shape index (κ3) is 4.72. The second kappa shape index (κ2) is 12.2. The standard InChI is InChI=1S/C51H27N3O2S2/c1-4-19-41-30(10-1)32-24-22-28(26-43(32)55-41)49-52-50(29-23-25-33-31-11-2-5-20-42(31)56-44(33)27-29)54-51(53-49)40-18-9-17-39-38-16-8-15-37(47(38)58-48(39)40)36-14-7-13-35-34-12-3-6-21-45(34)57-46(35)36/h1-27H. The highest BCUT2D eigenvalue weighted by atomic mass is 32.1. The van der Waals surface area contributed by atoms with Crippen LogP contribution in [0.5, 0.6) is 0 Å². The number of fused-ring (bicyclic) bond motifs is 12. The van der Waals surface area contributed by atoms with Gasteiger partial charge in [-0.2, -0.15) is 0 Å². The van der Waals surface area contributed by atoms with Crippen molar-refractivity contribution >= 4 is 107 Å². The van der Waals surface area contributed by atoms with Gasteiger partial charge >= 0.3 is 0 Å². The van der Waals surface area contributed by atoms with Gasteiger partial charge in [0.25, 0.3) is 0 Å². The molecule has 0 radical (unpaired) electrons. The van der Waals surface area contributed by atoms with E-state index in [1.165, 1.54) is 46.8 Å². The van der Waals surface area contributed by atoms with Gasteiger partial charge in [-0.15, -0.1) is 22.7 Å². The Morgan fingerprint density at radius 2 is 0.741 bits per heavy atom. The van der Waals surface area contributed by atoms with Crippen LogP contribution in [0.1, 0.15) is 0 Å². The van der Waals surface area contributed by atoms with Gasteiger partial charge in [0, 0.05) is 89.7 Å². The molecule has 58 heavy (non-hydrogen) atoms. The van der Waals surface area contributed by atoms with Crippen molar-refractivity contribution in [2.45, 2.75) is 0 Å². The second-order valence-electron chi connectivity index (χ2n) is 14.7. The molecule has 13 rings (SSSR count). The fraction of sp³-hybridized carbons (Fsp3) is 0. The molecule has 0 spiro atoms. The number of hydrogen-bond acceptors (Lipinski definition) is 7. The molecule has 13 aromatic rings. The molecule has 0 aliphatic heterocycles. The molecule has 0 bridgehead atoms. The maximum absolute atomic E-state index is 6.32. The molecule has 0 aliphatic rings. The van der Waals surface area contributed by atoms with Crippen LogP contribution in [0.15, 0.2) is 173 Å². The van der Waals surface area contributed by atoms with Crippen molar-refractivity contribution in [1.82, 2.24) is 15.0 Å². The average molecular weight is 778 g/mol. The van der Waals surface area contributed by atoms with Crippen LogP contribution in [-0.4, -0.2) is 15.0 Å². The van der Waals surface area contributed by atoms with Crippen LogP contribution in [-0.2, 0) is 0 Å². The van der Waals surface area contributed by atoms with Crippen LogP contribution in [0, 0.1) is 0 Å². The zero-order chi connectivity index (χ0) is 37.9. The molecule has 8 aromatic carbocycles. The van der Waals surface area contributed by atoms with Crippen LogP contribution in [0.2, 0.25) is 0 Å². The summed E-state index contributed by atoms with van der Waals surface area (Å²) in [5, 5.41) is 9.28. The molecule has 0 aliphatic carbocycles. The first-order valence-electron chi connectivity index (χ1n) is 19.2. The highest BCUT2D eigenvalue weighted by Gasteiger charge is 2.21. The maximum Gasteiger partial charge on any atom is 0.165 e. The number of benzene rings is 8. The molecular formula is C51H27N3O2S2. The molecule has 0 N–H and O–H groups in total. The van der Waals surface area contributed by atoms with Gasteiger partial charge < -0.3 is 8.83 Å². The molecule has 0 amide bonds. The predicted molar refractivity (Wildman–Crippen MR) is 242 cm³/mol. The minimum atomic E-state index is 0.572. The van der Waals surface area contributed by atoms with Gasteiger partial charge in [-0.25, -0.2) is 15.0 Å². The quantitative estimate of drug-likeness (QED) is 0.178. The molecular weight excluding hydrogens is 751 g/mol. The molecule has 5 aromatic heterocycles. The van der Waals surface area contributed by atoms with Crippen molar-refractivity contribution in [1.29, 1.82) is 0 Å². The highest BCUT2D eigenvalue weighted by molar-refractivity contribution is 7.27. The molecule has 0 unspecified atom stereocenters. The summed E-state index contributed by atoms with van der Waals surface area (Å²) in [6.45, 7) is 0. The number of hydrogen-bond donors (Lipinski definition) is 0. The summed E-state index contributed by atoms with van der Waals surface area (Å²) in [7, 11) is 0. The van der Waals surface area contributed by atoms with Crippen molar-refractivity contribution in [2.24, 2.45) is 0 Å². The summed E-state index contributed by atoms with van der Waals surface area (Å²) in [6, 6.07) is 57.3. The summed E-state index contributed by atoms with van der Waals surface area (Å²) in [4.78, 5) is 15.6. The monoisotopic (exact) mass is 777 g/mol.